The van der Waals surface area contributed by atoms with E-state index in [0.29, 0.717) is 6.54 Å². The summed E-state index contributed by atoms with van der Waals surface area (Å²) in [6, 6.07) is -0.331. The van der Waals surface area contributed by atoms with E-state index in [-0.39, 0.29) is 18.0 Å². The lowest BCUT2D eigenvalue weighted by Crippen LogP contribution is -2.62. The molecule has 0 aliphatic carbocycles. The molecule has 0 aromatic rings. The quantitative estimate of drug-likeness (QED) is 0.774. The number of nitrogens with one attached hydrogen (secondary N) is 1. The molecule has 1 N–H and O–H groups in total. The molecule has 0 saturated carbocycles. The summed E-state index contributed by atoms with van der Waals surface area (Å²) in [7, 11) is 0. The van der Waals surface area contributed by atoms with Crippen LogP contribution in [-0.2, 0) is 4.79 Å². The van der Waals surface area contributed by atoms with Gasteiger partial charge in [-0.15, -0.1) is 0 Å². The highest BCUT2D eigenvalue weighted by Crippen LogP contribution is 2.31. The topological polar surface area (TPSA) is 49.4 Å². The first-order chi connectivity index (χ1) is 6.98. The summed E-state index contributed by atoms with van der Waals surface area (Å²) >= 11 is 0. The smallest absolute Gasteiger partial charge is 0.324 e. The fourth-order valence-electron chi connectivity index (χ4n) is 2.02. The minimum Gasteiger partial charge on any atom is -0.337 e. The van der Waals surface area contributed by atoms with Crippen LogP contribution in [0.4, 0.5) is 4.79 Å². The van der Waals surface area contributed by atoms with Crippen LogP contribution >= 0.6 is 0 Å². The van der Waals surface area contributed by atoms with Gasteiger partial charge in [-0.25, -0.2) is 4.79 Å². The molecule has 0 atom stereocenters. The molecular formula is C11H20N2O2. The van der Waals surface area contributed by atoms with Gasteiger partial charge in [0.1, 0.15) is 0 Å². The van der Waals surface area contributed by atoms with Crippen LogP contribution < -0.4 is 5.32 Å². The van der Waals surface area contributed by atoms with Crippen molar-refractivity contribution in [2.45, 2.75) is 46.6 Å². The summed E-state index contributed by atoms with van der Waals surface area (Å²) in [4.78, 5) is 25.1. The molecule has 0 aromatic carbocycles. The van der Waals surface area contributed by atoms with E-state index in [0.717, 1.165) is 12.8 Å². The van der Waals surface area contributed by atoms with E-state index in [2.05, 4.69) is 5.32 Å². The maximum Gasteiger partial charge on any atom is 0.324 e. The summed E-state index contributed by atoms with van der Waals surface area (Å²) in [5, 5.41) is 2.80. The molecule has 4 nitrogen and oxygen atoms in total. The van der Waals surface area contributed by atoms with Crippen molar-refractivity contribution in [2.75, 3.05) is 6.54 Å². The van der Waals surface area contributed by atoms with Crippen molar-refractivity contribution >= 4 is 11.9 Å². The molecule has 0 aromatic heterocycles. The molecule has 1 aliphatic heterocycles. The average Bonchev–Trinajstić information content (AvgIpc) is 2.19. The fraction of sp³-hybridized carbons (Fsp3) is 0.818. The first-order valence-electron chi connectivity index (χ1n) is 5.60. The number of imide groups is 1. The second-order valence-corrected chi connectivity index (χ2v) is 4.42. The first-order valence-corrected chi connectivity index (χ1v) is 5.60. The molecule has 1 aliphatic rings. The summed E-state index contributed by atoms with van der Waals surface area (Å²) in [6.07, 6.45) is 1.54. The first kappa shape index (κ1) is 12.0. The number of urea groups is 1. The average molecular weight is 212 g/mol. The molecular weight excluding hydrogens is 192 g/mol. The van der Waals surface area contributed by atoms with E-state index in [1.54, 1.807) is 0 Å². The monoisotopic (exact) mass is 212 g/mol. The van der Waals surface area contributed by atoms with E-state index in [9.17, 15) is 9.59 Å². The van der Waals surface area contributed by atoms with Crippen molar-refractivity contribution in [3.05, 3.63) is 0 Å². The van der Waals surface area contributed by atoms with E-state index in [1.165, 1.54) is 4.90 Å². The number of carbonyl (C=O) groups excluding carboxylic acids is 2. The second-order valence-electron chi connectivity index (χ2n) is 4.42. The maximum absolute atomic E-state index is 12.2. The third-order valence-corrected chi connectivity index (χ3v) is 3.34. The lowest BCUT2D eigenvalue weighted by molar-refractivity contribution is -0.142. The zero-order valence-corrected chi connectivity index (χ0v) is 9.96. The minimum atomic E-state index is -0.391. The zero-order valence-electron chi connectivity index (χ0n) is 9.96. The van der Waals surface area contributed by atoms with Gasteiger partial charge in [-0.05, 0) is 26.7 Å². The highest BCUT2D eigenvalue weighted by Gasteiger charge is 2.45. The van der Waals surface area contributed by atoms with Gasteiger partial charge in [0.2, 0.25) is 5.91 Å². The largest absolute Gasteiger partial charge is 0.337 e. The lowest BCUT2D eigenvalue weighted by atomic mass is 9.79. The Morgan fingerprint density at radius 3 is 2.27 bits per heavy atom. The van der Waals surface area contributed by atoms with Crippen LogP contribution in [0.3, 0.4) is 0 Å². The summed E-state index contributed by atoms with van der Waals surface area (Å²) < 4.78 is 0. The molecule has 0 unspecified atom stereocenters. The number of rotatable bonds is 3. The van der Waals surface area contributed by atoms with Crippen molar-refractivity contribution in [3.63, 3.8) is 0 Å². The van der Waals surface area contributed by atoms with Crippen LogP contribution in [0.2, 0.25) is 0 Å². The molecule has 1 heterocycles. The standard InChI is InChI=1S/C11H20N2O2/c1-5-11(6-2)7-12-10(15)13(8(3)4)9(11)14/h8H,5-7H2,1-4H3,(H,12,15). The predicted molar refractivity (Wildman–Crippen MR) is 58.4 cm³/mol. The maximum atomic E-state index is 12.2. The van der Waals surface area contributed by atoms with Crippen molar-refractivity contribution in [1.29, 1.82) is 0 Å². The van der Waals surface area contributed by atoms with Gasteiger partial charge in [-0.1, -0.05) is 13.8 Å². The van der Waals surface area contributed by atoms with Gasteiger partial charge in [-0.3, -0.25) is 9.69 Å². The molecule has 86 valence electrons. The zero-order chi connectivity index (χ0) is 11.6. The van der Waals surface area contributed by atoms with Gasteiger partial charge >= 0.3 is 6.03 Å². The Bertz CT molecular complexity index is 270. The van der Waals surface area contributed by atoms with Crippen molar-refractivity contribution < 1.29 is 9.59 Å². The number of carbonyl (C=O) groups is 2. The molecule has 1 fully saturated rings. The predicted octanol–water partition coefficient (Wildman–Crippen LogP) is 1.75. The van der Waals surface area contributed by atoms with E-state index >= 15 is 0 Å². The van der Waals surface area contributed by atoms with Crippen molar-refractivity contribution in [2.24, 2.45) is 5.41 Å². The Labute approximate surface area is 91.0 Å². The molecule has 0 spiro atoms. The Morgan fingerprint density at radius 2 is 1.87 bits per heavy atom. The second kappa shape index (κ2) is 4.21. The molecule has 4 heteroatoms. The van der Waals surface area contributed by atoms with Gasteiger partial charge in [0, 0.05) is 12.6 Å². The summed E-state index contributed by atoms with van der Waals surface area (Å²) in [5.74, 6) is -0.0220. The number of nitrogens with zero attached hydrogens (tertiary/aromatic N) is 1. The van der Waals surface area contributed by atoms with Crippen LogP contribution in [0.15, 0.2) is 0 Å². The van der Waals surface area contributed by atoms with Crippen LogP contribution in [0.1, 0.15) is 40.5 Å². The summed E-state index contributed by atoms with van der Waals surface area (Å²) in [6.45, 7) is 8.19. The van der Waals surface area contributed by atoms with Crippen LogP contribution in [0.25, 0.3) is 0 Å². The highest BCUT2D eigenvalue weighted by molar-refractivity contribution is 6.00. The van der Waals surface area contributed by atoms with Gasteiger partial charge in [0.15, 0.2) is 0 Å². The van der Waals surface area contributed by atoms with Crippen LogP contribution in [0, 0.1) is 5.41 Å². The lowest BCUT2D eigenvalue weighted by Gasteiger charge is -2.41. The Morgan fingerprint density at radius 1 is 1.33 bits per heavy atom. The number of amides is 3. The normalized spacial score (nSPS) is 20.7. The van der Waals surface area contributed by atoms with Crippen molar-refractivity contribution in [3.8, 4) is 0 Å². The molecule has 1 rings (SSSR count). The Hall–Kier alpha value is -1.06. The van der Waals surface area contributed by atoms with Crippen LogP contribution in [-0.4, -0.2) is 29.4 Å². The molecule has 15 heavy (non-hydrogen) atoms. The fourth-order valence-corrected chi connectivity index (χ4v) is 2.02. The van der Waals surface area contributed by atoms with Gasteiger partial charge < -0.3 is 5.32 Å². The van der Waals surface area contributed by atoms with Gasteiger partial charge in [0.05, 0.1) is 5.41 Å². The SMILES string of the molecule is CCC1(CC)CNC(=O)N(C(C)C)C1=O. The molecule has 1 saturated heterocycles. The number of hydrogen-bond donors (Lipinski definition) is 1. The third-order valence-electron chi connectivity index (χ3n) is 3.34. The Balaban J connectivity index is 2.99. The molecule has 0 bridgehead atoms. The molecule has 0 radical (unpaired) electrons. The van der Waals surface area contributed by atoms with E-state index in [1.807, 2.05) is 27.7 Å². The van der Waals surface area contributed by atoms with Crippen molar-refractivity contribution in [1.82, 2.24) is 10.2 Å². The van der Waals surface area contributed by atoms with Gasteiger partial charge in [0.25, 0.3) is 0 Å². The number of hydrogen-bond acceptors (Lipinski definition) is 2. The third kappa shape index (κ3) is 1.85. The van der Waals surface area contributed by atoms with Gasteiger partial charge in [-0.2, -0.15) is 0 Å². The highest BCUT2D eigenvalue weighted by atomic mass is 16.2. The Kier molecular flexibility index (Phi) is 3.37. The van der Waals surface area contributed by atoms with E-state index < -0.39 is 5.41 Å². The van der Waals surface area contributed by atoms with Crippen LogP contribution in [0.5, 0.6) is 0 Å². The summed E-state index contributed by atoms with van der Waals surface area (Å²) in [5.41, 5.74) is -0.391. The molecule has 3 amide bonds. The minimum absolute atomic E-state index is 0.0220. The van der Waals surface area contributed by atoms with E-state index in [4.69, 9.17) is 0 Å².